The molecule has 0 spiro atoms. The first kappa shape index (κ1) is 11.4. The minimum atomic E-state index is 0. The second kappa shape index (κ2) is 4.23. The SMILES string of the molecule is Cc1cc2cnccc2nc1C(=N)N.Cl. The quantitative estimate of drug-likeness (QED) is 0.569. The number of pyridine rings is 2. The molecule has 15 heavy (non-hydrogen) atoms. The second-order valence-electron chi connectivity index (χ2n) is 3.14. The lowest BCUT2D eigenvalue weighted by Crippen LogP contribution is -2.14. The molecule has 0 aliphatic rings. The maximum Gasteiger partial charge on any atom is 0.142 e. The van der Waals surface area contributed by atoms with Gasteiger partial charge in [0.15, 0.2) is 0 Å². The van der Waals surface area contributed by atoms with Crippen molar-refractivity contribution < 1.29 is 0 Å². The highest BCUT2D eigenvalue weighted by molar-refractivity contribution is 5.96. The minimum Gasteiger partial charge on any atom is -0.382 e. The molecule has 0 aromatic carbocycles. The number of nitrogens with zero attached hydrogens (tertiary/aromatic N) is 2. The summed E-state index contributed by atoms with van der Waals surface area (Å²) in [7, 11) is 0. The molecule has 2 rings (SSSR count). The fraction of sp³-hybridized carbons (Fsp3) is 0.100. The van der Waals surface area contributed by atoms with Gasteiger partial charge in [-0.05, 0) is 24.6 Å². The summed E-state index contributed by atoms with van der Waals surface area (Å²) >= 11 is 0. The lowest BCUT2D eigenvalue weighted by Gasteiger charge is -2.04. The molecule has 2 aromatic heterocycles. The van der Waals surface area contributed by atoms with Crippen LogP contribution >= 0.6 is 12.4 Å². The number of halogens is 1. The second-order valence-corrected chi connectivity index (χ2v) is 3.14. The van der Waals surface area contributed by atoms with Gasteiger partial charge >= 0.3 is 0 Å². The molecule has 0 radical (unpaired) electrons. The van der Waals surface area contributed by atoms with E-state index >= 15 is 0 Å². The van der Waals surface area contributed by atoms with Crippen molar-refractivity contribution in [2.24, 2.45) is 5.73 Å². The van der Waals surface area contributed by atoms with E-state index in [0.29, 0.717) is 5.69 Å². The fourth-order valence-electron chi connectivity index (χ4n) is 1.40. The Hall–Kier alpha value is -1.68. The third-order valence-electron chi connectivity index (χ3n) is 2.06. The van der Waals surface area contributed by atoms with Crippen LogP contribution in [0.25, 0.3) is 10.9 Å². The molecule has 0 fully saturated rings. The van der Waals surface area contributed by atoms with Crippen molar-refractivity contribution in [1.29, 1.82) is 5.41 Å². The topological polar surface area (TPSA) is 75.7 Å². The molecule has 0 atom stereocenters. The Balaban J connectivity index is 0.00000112. The number of rotatable bonds is 1. The number of nitrogens with one attached hydrogen (secondary N) is 1. The van der Waals surface area contributed by atoms with Crippen molar-refractivity contribution in [1.82, 2.24) is 9.97 Å². The molecule has 0 aliphatic carbocycles. The van der Waals surface area contributed by atoms with Gasteiger partial charge in [0, 0.05) is 17.8 Å². The molecule has 5 heteroatoms. The summed E-state index contributed by atoms with van der Waals surface area (Å²) in [6, 6.07) is 3.74. The highest BCUT2D eigenvalue weighted by Crippen LogP contribution is 2.14. The summed E-state index contributed by atoms with van der Waals surface area (Å²) < 4.78 is 0. The van der Waals surface area contributed by atoms with Crippen molar-refractivity contribution >= 4 is 29.1 Å². The summed E-state index contributed by atoms with van der Waals surface area (Å²) in [6.07, 6.45) is 3.42. The zero-order valence-corrected chi connectivity index (χ0v) is 9.01. The third-order valence-corrected chi connectivity index (χ3v) is 2.06. The van der Waals surface area contributed by atoms with E-state index in [-0.39, 0.29) is 18.2 Å². The molecule has 78 valence electrons. The first-order chi connectivity index (χ1) is 6.68. The van der Waals surface area contributed by atoms with E-state index in [4.69, 9.17) is 11.1 Å². The number of aryl methyl sites for hydroxylation is 1. The van der Waals surface area contributed by atoms with Gasteiger partial charge in [-0.25, -0.2) is 4.98 Å². The molecule has 2 heterocycles. The number of amidine groups is 1. The van der Waals surface area contributed by atoms with Crippen molar-refractivity contribution in [3.05, 3.63) is 35.8 Å². The smallest absolute Gasteiger partial charge is 0.142 e. The van der Waals surface area contributed by atoms with Gasteiger partial charge in [-0.2, -0.15) is 0 Å². The van der Waals surface area contributed by atoms with E-state index in [0.717, 1.165) is 16.5 Å². The van der Waals surface area contributed by atoms with Gasteiger partial charge in [-0.15, -0.1) is 12.4 Å². The number of nitrogens with two attached hydrogens (primary N) is 1. The molecule has 4 nitrogen and oxygen atoms in total. The van der Waals surface area contributed by atoms with Crippen LogP contribution in [0.1, 0.15) is 11.3 Å². The van der Waals surface area contributed by atoms with E-state index in [9.17, 15) is 0 Å². The van der Waals surface area contributed by atoms with Crippen LogP contribution in [0.2, 0.25) is 0 Å². The number of aromatic nitrogens is 2. The number of nitrogen functional groups attached to an aromatic ring is 1. The lowest BCUT2D eigenvalue weighted by atomic mass is 10.1. The van der Waals surface area contributed by atoms with Crippen LogP contribution in [-0.4, -0.2) is 15.8 Å². The van der Waals surface area contributed by atoms with E-state index in [1.807, 2.05) is 13.0 Å². The van der Waals surface area contributed by atoms with Crippen LogP contribution in [0.15, 0.2) is 24.5 Å². The predicted octanol–water partition coefficient (Wildman–Crippen LogP) is 1.64. The van der Waals surface area contributed by atoms with E-state index < -0.39 is 0 Å². The van der Waals surface area contributed by atoms with Crippen molar-refractivity contribution in [2.75, 3.05) is 0 Å². The van der Waals surface area contributed by atoms with Gasteiger partial charge in [-0.3, -0.25) is 10.4 Å². The summed E-state index contributed by atoms with van der Waals surface area (Å²) in [6.45, 7) is 1.89. The Morgan fingerprint density at radius 3 is 2.87 bits per heavy atom. The molecule has 0 bridgehead atoms. The Bertz CT molecular complexity index is 510. The first-order valence-electron chi connectivity index (χ1n) is 4.24. The largest absolute Gasteiger partial charge is 0.382 e. The molecule has 2 aromatic rings. The van der Waals surface area contributed by atoms with Crippen LogP contribution in [0, 0.1) is 12.3 Å². The predicted molar refractivity (Wildman–Crippen MR) is 62.5 cm³/mol. The van der Waals surface area contributed by atoms with Crippen LogP contribution in [-0.2, 0) is 0 Å². The van der Waals surface area contributed by atoms with Gasteiger partial charge in [0.2, 0.25) is 0 Å². The van der Waals surface area contributed by atoms with Crippen LogP contribution in [0.4, 0.5) is 0 Å². The average molecular weight is 223 g/mol. The summed E-state index contributed by atoms with van der Waals surface area (Å²) in [5.74, 6) is 0.00112. The Labute approximate surface area is 93.5 Å². The highest BCUT2D eigenvalue weighted by Gasteiger charge is 2.05. The first-order valence-corrected chi connectivity index (χ1v) is 4.24. The van der Waals surface area contributed by atoms with Crippen LogP contribution in [0.5, 0.6) is 0 Å². The molecule has 0 saturated carbocycles. The Morgan fingerprint density at radius 1 is 1.47 bits per heavy atom. The third kappa shape index (κ3) is 2.05. The zero-order valence-electron chi connectivity index (χ0n) is 8.19. The molecule has 3 N–H and O–H groups in total. The Kier molecular flexibility index (Phi) is 3.21. The van der Waals surface area contributed by atoms with E-state index in [1.165, 1.54) is 0 Å². The number of fused-ring (bicyclic) bond motifs is 1. The monoisotopic (exact) mass is 222 g/mol. The molecule has 0 amide bonds. The molecule has 0 saturated heterocycles. The average Bonchev–Trinajstić information content (AvgIpc) is 2.16. The standard InChI is InChI=1S/C10H10N4.ClH/c1-6-4-7-5-13-3-2-8(7)14-9(6)10(11)12;/h2-5H,1H3,(H3,11,12);1H. The van der Waals surface area contributed by atoms with Gasteiger partial charge < -0.3 is 5.73 Å². The number of hydrogen-bond donors (Lipinski definition) is 2. The molecular formula is C10H11ClN4. The fourth-order valence-corrected chi connectivity index (χ4v) is 1.40. The van der Waals surface area contributed by atoms with E-state index in [2.05, 4.69) is 9.97 Å². The lowest BCUT2D eigenvalue weighted by molar-refractivity contribution is 1.24. The van der Waals surface area contributed by atoms with Gasteiger partial charge in [0.1, 0.15) is 11.5 Å². The van der Waals surface area contributed by atoms with Gasteiger partial charge in [0.25, 0.3) is 0 Å². The maximum atomic E-state index is 7.35. The van der Waals surface area contributed by atoms with Crippen LogP contribution in [0.3, 0.4) is 0 Å². The number of hydrogen-bond acceptors (Lipinski definition) is 3. The van der Waals surface area contributed by atoms with Gasteiger partial charge in [0.05, 0.1) is 5.52 Å². The zero-order chi connectivity index (χ0) is 10.1. The van der Waals surface area contributed by atoms with Gasteiger partial charge in [-0.1, -0.05) is 0 Å². The minimum absolute atomic E-state index is 0. The molecular weight excluding hydrogens is 212 g/mol. The normalized spacial score (nSPS) is 9.67. The van der Waals surface area contributed by atoms with Crippen molar-refractivity contribution in [3.63, 3.8) is 0 Å². The van der Waals surface area contributed by atoms with Crippen molar-refractivity contribution in [3.8, 4) is 0 Å². The maximum absolute atomic E-state index is 7.35. The molecule has 0 unspecified atom stereocenters. The summed E-state index contributed by atoms with van der Waals surface area (Å²) in [5, 5.41) is 8.32. The van der Waals surface area contributed by atoms with Crippen molar-refractivity contribution in [2.45, 2.75) is 6.92 Å². The summed E-state index contributed by atoms with van der Waals surface area (Å²) in [4.78, 5) is 8.29. The molecule has 0 aliphatic heterocycles. The Morgan fingerprint density at radius 2 is 2.20 bits per heavy atom. The van der Waals surface area contributed by atoms with E-state index in [1.54, 1.807) is 18.5 Å². The van der Waals surface area contributed by atoms with Crippen LogP contribution < -0.4 is 5.73 Å². The summed E-state index contributed by atoms with van der Waals surface area (Å²) in [5.41, 5.74) is 7.67. The highest BCUT2D eigenvalue weighted by atomic mass is 35.5.